The van der Waals surface area contributed by atoms with E-state index in [1.165, 1.54) is 0 Å². The zero-order chi connectivity index (χ0) is 15.9. The number of hydrogen-bond acceptors (Lipinski definition) is 4. The summed E-state index contributed by atoms with van der Waals surface area (Å²) < 4.78 is 6.90. The van der Waals surface area contributed by atoms with Gasteiger partial charge in [0.2, 0.25) is 0 Å². The monoisotopic (exact) mass is 313 g/mol. The molecule has 2 aromatic rings. The van der Waals surface area contributed by atoms with Gasteiger partial charge in [0.1, 0.15) is 0 Å². The summed E-state index contributed by atoms with van der Waals surface area (Å²) in [6.07, 6.45) is 3.82. The lowest BCUT2D eigenvalue weighted by molar-refractivity contribution is 0.0370. The van der Waals surface area contributed by atoms with Gasteiger partial charge in [-0.25, -0.2) is 4.68 Å². The Labute approximate surface area is 136 Å². The van der Waals surface area contributed by atoms with Gasteiger partial charge in [-0.3, -0.25) is 9.69 Å². The molecule has 3 rings (SSSR count). The molecule has 1 aliphatic rings. The summed E-state index contributed by atoms with van der Waals surface area (Å²) in [4.78, 5) is 14.6. The van der Waals surface area contributed by atoms with Crippen molar-refractivity contribution >= 4 is 0 Å². The van der Waals surface area contributed by atoms with E-state index in [9.17, 15) is 4.79 Å². The Hall–Kier alpha value is -1.98. The molecule has 1 fully saturated rings. The average Bonchev–Trinajstić information content (AvgIpc) is 2.61. The number of rotatable bonds is 6. The minimum atomic E-state index is -0.0299. The molecule has 122 valence electrons. The predicted molar refractivity (Wildman–Crippen MR) is 90.4 cm³/mol. The Morgan fingerprint density at radius 3 is 2.48 bits per heavy atom. The van der Waals surface area contributed by atoms with Crippen LogP contribution >= 0.6 is 0 Å². The van der Waals surface area contributed by atoms with Gasteiger partial charge in [-0.15, -0.1) is 0 Å². The van der Waals surface area contributed by atoms with Crippen molar-refractivity contribution in [1.29, 1.82) is 0 Å². The third-order valence-corrected chi connectivity index (χ3v) is 4.17. The van der Waals surface area contributed by atoms with Gasteiger partial charge >= 0.3 is 0 Å². The highest BCUT2D eigenvalue weighted by atomic mass is 16.5. The summed E-state index contributed by atoms with van der Waals surface area (Å²) in [5.41, 5.74) is 1.87. The van der Waals surface area contributed by atoms with Crippen LogP contribution in [-0.2, 0) is 11.3 Å². The van der Waals surface area contributed by atoms with Gasteiger partial charge in [0, 0.05) is 31.3 Å². The molecule has 0 radical (unpaired) electrons. The van der Waals surface area contributed by atoms with Gasteiger partial charge in [0.25, 0.3) is 5.56 Å². The maximum Gasteiger partial charge on any atom is 0.267 e. The highest BCUT2D eigenvalue weighted by Crippen LogP contribution is 2.15. The quantitative estimate of drug-likeness (QED) is 0.766. The van der Waals surface area contributed by atoms with Gasteiger partial charge < -0.3 is 4.74 Å². The second-order valence-electron chi connectivity index (χ2n) is 5.83. The van der Waals surface area contributed by atoms with E-state index >= 15 is 0 Å². The zero-order valence-corrected chi connectivity index (χ0v) is 13.4. The first kappa shape index (κ1) is 15.9. The minimum Gasteiger partial charge on any atom is -0.379 e. The van der Waals surface area contributed by atoms with Gasteiger partial charge in [0.05, 0.1) is 19.4 Å². The van der Waals surface area contributed by atoms with Crippen molar-refractivity contribution in [2.45, 2.75) is 19.4 Å². The largest absolute Gasteiger partial charge is 0.379 e. The SMILES string of the molecule is O=c1cc(-c2ccccc2)cnn1CCCCN1CCOCC1. The number of aromatic nitrogens is 2. The van der Waals surface area contributed by atoms with Crippen LogP contribution in [0.2, 0.25) is 0 Å². The van der Waals surface area contributed by atoms with E-state index in [2.05, 4.69) is 10.00 Å². The van der Waals surface area contributed by atoms with E-state index in [1.54, 1.807) is 16.9 Å². The zero-order valence-electron chi connectivity index (χ0n) is 13.4. The lowest BCUT2D eigenvalue weighted by Crippen LogP contribution is -2.37. The molecule has 5 nitrogen and oxygen atoms in total. The number of nitrogens with zero attached hydrogens (tertiary/aromatic N) is 3. The summed E-state index contributed by atoms with van der Waals surface area (Å²) in [5.74, 6) is 0. The van der Waals surface area contributed by atoms with Gasteiger partial charge in [-0.1, -0.05) is 30.3 Å². The highest BCUT2D eigenvalue weighted by Gasteiger charge is 2.09. The molecule has 5 heteroatoms. The summed E-state index contributed by atoms with van der Waals surface area (Å²) in [6.45, 7) is 5.45. The van der Waals surface area contributed by atoms with Crippen LogP contribution in [0.5, 0.6) is 0 Å². The van der Waals surface area contributed by atoms with Crippen LogP contribution in [-0.4, -0.2) is 47.5 Å². The molecule has 1 saturated heterocycles. The standard InChI is InChI=1S/C18H23N3O2/c22-18-14-17(16-6-2-1-3-7-16)15-19-21(18)9-5-4-8-20-10-12-23-13-11-20/h1-3,6-7,14-15H,4-5,8-13H2. The van der Waals surface area contributed by atoms with E-state index in [0.717, 1.165) is 56.8 Å². The molecule has 0 amide bonds. The van der Waals surface area contributed by atoms with E-state index in [-0.39, 0.29) is 5.56 Å². The molecule has 0 aliphatic carbocycles. The number of aryl methyl sites for hydroxylation is 1. The van der Waals surface area contributed by atoms with Crippen molar-refractivity contribution in [3.05, 3.63) is 52.9 Å². The summed E-state index contributed by atoms with van der Waals surface area (Å²) in [6, 6.07) is 11.5. The van der Waals surface area contributed by atoms with Crippen LogP contribution < -0.4 is 5.56 Å². The van der Waals surface area contributed by atoms with Crippen LogP contribution in [0, 0.1) is 0 Å². The molecule has 1 aromatic heterocycles. The van der Waals surface area contributed by atoms with E-state index in [0.29, 0.717) is 6.54 Å². The van der Waals surface area contributed by atoms with Crippen LogP contribution in [0.4, 0.5) is 0 Å². The summed E-state index contributed by atoms with van der Waals surface area (Å²) in [7, 11) is 0. The van der Waals surface area contributed by atoms with Crippen molar-refractivity contribution in [1.82, 2.24) is 14.7 Å². The molecular formula is C18H23N3O2. The lowest BCUT2D eigenvalue weighted by Gasteiger charge is -2.26. The molecule has 1 aromatic carbocycles. The van der Waals surface area contributed by atoms with E-state index in [1.807, 2.05) is 30.3 Å². The number of unbranched alkanes of at least 4 members (excludes halogenated alkanes) is 1. The third kappa shape index (κ3) is 4.50. The fraction of sp³-hybridized carbons (Fsp3) is 0.444. The molecule has 0 unspecified atom stereocenters. The third-order valence-electron chi connectivity index (χ3n) is 4.17. The molecule has 0 atom stereocenters. The van der Waals surface area contributed by atoms with Gasteiger partial charge in [0.15, 0.2) is 0 Å². The topological polar surface area (TPSA) is 47.4 Å². The van der Waals surface area contributed by atoms with Crippen molar-refractivity contribution in [2.75, 3.05) is 32.8 Å². The van der Waals surface area contributed by atoms with Crippen LogP contribution in [0.15, 0.2) is 47.4 Å². The second kappa shape index (κ2) is 8.04. The second-order valence-corrected chi connectivity index (χ2v) is 5.83. The summed E-state index contributed by atoms with van der Waals surface area (Å²) >= 11 is 0. The maximum atomic E-state index is 12.2. The normalized spacial score (nSPS) is 15.7. The fourth-order valence-electron chi connectivity index (χ4n) is 2.81. The molecular weight excluding hydrogens is 290 g/mol. The van der Waals surface area contributed by atoms with Gasteiger partial charge in [-0.2, -0.15) is 5.10 Å². The highest BCUT2D eigenvalue weighted by molar-refractivity contribution is 5.61. The first-order valence-electron chi connectivity index (χ1n) is 8.25. The van der Waals surface area contributed by atoms with Crippen molar-refractivity contribution in [3.8, 4) is 11.1 Å². The number of ether oxygens (including phenoxy) is 1. The van der Waals surface area contributed by atoms with Crippen molar-refractivity contribution < 1.29 is 4.74 Å². The molecule has 0 spiro atoms. The average molecular weight is 313 g/mol. The lowest BCUT2D eigenvalue weighted by atomic mass is 10.1. The van der Waals surface area contributed by atoms with Crippen LogP contribution in [0.25, 0.3) is 11.1 Å². The van der Waals surface area contributed by atoms with E-state index in [4.69, 9.17) is 4.74 Å². The molecule has 0 saturated carbocycles. The van der Waals surface area contributed by atoms with Gasteiger partial charge in [-0.05, 0) is 24.9 Å². The summed E-state index contributed by atoms with van der Waals surface area (Å²) in [5, 5.41) is 4.31. The maximum absolute atomic E-state index is 12.2. The van der Waals surface area contributed by atoms with Crippen molar-refractivity contribution in [3.63, 3.8) is 0 Å². The number of hydrogen-bond donors (Lipinski definition) is 0. The van der Waals surface area contributed by atoms with Crippen LogP contribution in [0.3, 0.4) is 0 Å². The molecule has 0 bridgehead atoms. The molecule has 2 heterocycles. The molecule has 0 N–H and O–H groups in total. The fourth-order valence-corrected chi connectivity index (χ4v) is 2.81. The minimum absolute atomic E-state index is 0.0299. The molecule has 23 heavy (non-hydrogen) atoms. The van der Waals surface area contributed by atoms with Crippen LogP contribution in [0.1, 0.15) is 12.8 Å². The Morgan fingerprint density at radius 2 is 1.74 bits per heavy atom. The Balaban J connectivity index is 1.51. The Bertz CT molecular complexity index is 663. The Morgan fingerprint density at radius 1 is 1.00 bits per heavy atom. The first-order valence-corrected chi connectivity index (χ1v) is 8.25. The van der Waals surface area contributed by atoms with Crippen molar-refractivity contribution in [2.24, 2.45) is 0 Å². The number of morpholine rings is 1. The Kier molecular flexibility index (Phi) is 5.56. The smallest absolute Gasteiger partial charge is 0.267 e. The van der Waals surface area contributed by atoms with E-state index < -0.39 is 0 Å². The number of benzene rings is 1. The predicted octanol–water partition coefficient (Wildman–Crippen LogP) is 2.02. The molecule has 1 aliphatic heterocycles. The first-order chi connectivity index (χ1) is 11.3.